The lowest BCUT2D eigenvalue weighted by Crippen LogP contribution is -2.63. The fraction of sp³-hybridized carbons (Fsp3) is 0.276. The second-order valence-electron chi connectivity index (χ2n) is 10.2. The van der Waals surface area contributed by atoms with Gasteiger partial charge in [-0.15, -0.1) is 0 Å². The van der Waals surface area contributed by atoms with E-state index >= 15 is 4.39 Å². The first kappa shape index (κ1) is 27.7. The SMILES string of the molecule is C=CC(=O)N1CC(F)(Cn2c(=O)c(=O)n(-c3c(C)ccnc3C(C)C)c3nc(-c4ccccc4Cl)c(Cl)cc32)C1. The molecule has 0 bridgehead atoms. The Kier molecular flexibility index (Phi) is 7.14. The summed E-state index contributed by atoms with van der Waals surface area (Å²) in [5.74, 6) is -0.504. The molecule has 3 aromatic heterocycles. The summed E-state index contributed by atoms with van der Waals surface area (Å²) in [7, 11) is 0. The van der Waals surface area contributed by atoms with Crippen LogP contribution < -0.4 is 11.1 Å². The Bertz CT molecular complexity index is 1810. The van der Waals surface area contributed by atoms with Crippen LogP contribution in [0, 0.1) is 6.92 Å². The van der Waals surface area contributed by atoms with Gasteiger partial charge in [0.2, 0.25) is 5.91 Å². The summed E-state index contributed by atoms with van der Waals surface area (Å²) < 4.78 is 18.0. The molecular formula is C29H26Cl2FN5O3. The minimum atomic E-state index is -1.94. The molecule has 0 N–H and O–H groups in total. The molecule has 0 unspecified atom stereocenters. The number of aromatic nitrogens is 4. The van der Waals surface area contributed by atoms with E-state index in [1.54, 1.807) is 36.5 Å². The fourth-order valence-electron chi connectivity index (χ4n) is 5.05. The molecule has 11 heteroatoms. The Hall–Kier alpha value is -3.82. The molecule has 1 amide bonds. The Morgan fingerprint density at radius 3 is 2.50 bits per heavy atom. The van der Waals surface area contributed by atoms with Crippen molar-refractivity contribution in [1.29, 1.82) is 0 Å². The number of hydrogen-bond donors (Lipinski definition) is 0. The number of likely N-dealkylation sites (tertiary alicyclic amines) is 1. The molecule has 40 heavy (non-hydrogen) atoms. The maximum absolute atomic E-state index is 15.8. The van der Waals surface area contributed by atoms with E-state index in [4.69, 9.17) is 28.2 Å². The van der Waals surface area contributed by atoms with E-state index in [-0.39, 0.29) is 35.2 Å². The van der Waals surface area contributed by atoms with E-state index in [9.17, 15) is 14.4 Å². The van der Waals surface area contributed by atoms with Crippen molar-refractivity contribution in [2.75, 3.05) is 13.1 Å². The summed E-state index contributed by atoms with van der Waals surface area (Å²) in [6, 6.07) is 10.2. The van der Waals surface area contributed by atoms with Crippen LogP contribution in [0.5, 0.6) is 0 Å². The van der Waals surface area contributed by atoms with Crippen LogP contribution in [0.2, 0.25) is 10.0 Å². The average Bonchev–Trinajstić information content (AvgIpc) is 2.90. The molecular weight excluding hydrogens is 556 g/mol. The molecule has 4 heterocycles. The number of nitrogens with zero attached hydrogens (tertiary/aromatic N) is 5. The second kappa shape index (κ2) is 10.3. The van der Waals surface area contributed by atoms with Gasteiger partial charge in [-0.3, -0.25) is 28.5 Å². The van der Waals surface area contributed by atoms with E-state index in [2.05, 4.69) is 11.6 Å². The van der Waals surface area contributed by atoms with Crippen LogP contribution >= 0.6 is 23.2 Å². The van der Waals surface area contributed by atoms with Gasteiger partial charge in [-0.1, -0.05) is 61.8 Å². The van der Waals surface area contributed by atoms with Crippen molar-refractivity contribution >= 4 is 40.3 Å². The van der Waals surface area contributed by atoms with Gasteiger partial charge in [-0.25, -0.2) is 9.37 Å². The lowest BCUT2D eigenvalue weighted by atomic mass is 9.95. The highest BCUT2D eigenvalue weighted by Gasteiger charge is 2.46. The van der Waals surface area contributed by atoms with Crippen LogP contribution in [0.15, 0.2) is 64.8 Å². The normalized spacial score (nSPS) is 14.4. The third kappa shape index (κ3) is 4.63. The quantitative estimate of drug-likeness (QED) is 0.234. The largest absolute Gasteiger partial charge is 0.332 e. The predicted octanol–water partition coefficient (Wildman–Crippen LogP) is 5.08. The summed E-state index contributed by atoms with van der Waals surface area (Å²) in [5, 5.41) is 0.555. The van der Waals surface area contributed by atoms with E-state index in [1.807, 2.05) is 20.8 Å². The van der Waals surface area contributed by atoms with Crippen molar-refractivity contribution in [2.24, 2.45) is 0 Å². The minimum absolute atomic E-state index is 0.0907. The number of halogens is 3. The van der Waals surface area contributed by atoms with Gasteiger partial charge in [-0.05, 0) is 42.7 Å². The maximum Gasteiger partial charge on any atom is 0.322 e. The van der Waals surface area contributed by atoms with Crippen molar-refractivity contribution in [1.82, 2.24) is 24.0 Å². The summed E-state index contributed by atoms with van der Waals surface area (Å²) >= 11 is 13.2. The first-order valence-corrected chi connectivity index (χ1v) is 13.4. The summed E-state index contributed by atoms with van der Waals surface area (Å²) in [5.41, 5.74) is -0.977. The highest BCUT2D eigenvalue weighted by atomic mass is 35.5. The zero-order chi connectivity index (χ0) is 28.9. The summed E-state index contributed by atoms with van der Waals surface area (Å²) in [4.78, 5) is 49.9. The van der Waals surface area contributed by atoms with Gasteiger partial charge in [-0.2, -0.15) is 0 Å². The number of alkyl halides is 1. The number of carbonyl (C=O) groups excluding carboxylic acids is 1. The monoisotopic (exact) mass is 581 g/mol. The number of benzene rings is 1. The summed E-state index contributed by atoms with van der Waals surface area (Å²) in [6.45, 7) is 8.15. The molecule has 1 saturated heterocycles. The highest BCUT2D eigenvalue weighted by molar-refractivity contribution is 6.36. The van der Waals surface area contributed by atoms with E-state index < -0.39 is 29.2 Å². The molecule has 8 nitrogen and oxygen atoms in total. The second-order valence-corrected chi connectivity index (χ2v) is 11.1. The Morgan fingerprint density at radius 1 is 1.15 bits per heavy atom. The molecule has 1 aliphatic heterocycles. The van der Waals surface area contributed by atoms with Crippen LogP contribution in [0.25, 0.3) is 28.1 Å². The summed E-state index contributed by atoms with van der Waals surface area (Å²) in [6.07, 6.45) is 2.74. The maximum atomic E-state index is 15.8. The molecule has 4 aromatic rings. The third-order valence-electron chi connectivity index (χ3n) is 7.00. The lowest BCUT2D eigenvalue weighted by Gasteiger charge is -2.44. The zero-order valence-electron chi connectivity index (χ0n) is 22.1. The highest BCUT2D eigenvalue weighted by Crippen LogP contribution is 2.35. The number of carbonyl (C=O) groups is 1. The zero-order valence-corrected chi connectivity index (χ0v) is 23.6. The van der Waals surface area contributed by atoms with Crippen LogP contribution in [0.1, 0.15) is 31.0 Å². The number of aryl methyl sites for hydroxylation is 1. The van der Waals surface area contributed by atoms with Crippen LogP contribution in [0.3, 0.4) is 0 Å². The Balaban J connectivity index is 1.83. The first-order valence-electron chi connectivity index (χ1n) is 12.6. The fourth-order valence-corrected chi connectivity index (χ4v) is 5.52. The number of amides is 1. The van der Waals surface area contributed by atoms with Gasteiger partial charge in [0, 0.05) is 11.8 Å². The van der Waals surface area contributed by atoms with Crippen LogP contribution in [-0.4, -0.2) is 48.7 Å². The van der Waals surface area contributed by atoms with E-state index in [0.29, 0.717) is 33.2 Å². The Morgan fingerprint density at radius 2 is 1.85 bits per heavy atom. The van der Waals surface area contributed by atoms with Gasteiger partial charge < -0.3 is 4.90 Å². The van der Waals surface area contributed by atoms with Crippen LogP contribution in [-0.2, 0) is 11.3 Å². The lowest BCUT2D eigenvalue weighted by molar-refractivity contribution is -0.141. The number of rotatable bonds is 6. The van der Waals surface area contributed by atoms with Gasteiger partial charge in [0.1, 0.15) is 0 Å². The topological polar surface area (TPSA) is 90.1 Å². The third-order valence-corrected chi connectivity index (χ3v) is 7.62. The van der Waals surface area contributed by atoms with Crippen molar-refractivity contribution in [2.45, 2.75) is 38.9 Å². The molecule has 0 radical (unpaired) electrons. The van der Waals surface area contributed by atoms with E-state index in [1.165, 1.54) is 15.5 Å². The number of hydrogen-bond acceptors (Lipinski definition) is 5. The molecule has 0 spiro atoms. The van der Waals surface area contributed by atoms with Crippen molar-refractivity contribution in [3.05, 3.63) is 97.3 Å². The molecule has 0 atom stereocenters. The van der Waals surface area contributed by atoms with E-state index in [0.717, 1.165) is 10.6 Å². The van der Waals surface area contributed by atoms with Crippen molar-refractivity contribution in [3.8, 4) is 16.9 Å². The molecule has 206 valence electrons. The standard InChI is InChI=1S/C29H26Cl2FN5O3/c1-5-22(38)35-13-29(32,14-35)15-36-21-12-20(31)24(18-8-6-7-9-19(18)30)34-26(21)37(28(40)27(36)39)25-17(4)10-11-33-23(25)16(2)3/h5-12,16H,1,13-15H2,2-4H3. The molecule has 1 fully saturated rings. The molecule has 1 aromatic carbocycles. The van der Waals surface area contributed by atoms with Crippen LogP contribution in [0.4, 0.5) is 4.39 Å². The first-order chi connectivity index (χ1) is 19.0. The minimum Gasteiger partial charge on any atom is -0.332 e. The van der Waals surface area contributed by atoms with Crippen molar-refractivity contribution < 1.29 is 9.18 Å². The van der Waals surface area contributed by atoms with Gasteiger partial charge in [0.05, 0.1) is 52.3 Å². The molecule has 0 saturated carbocycles. The molecule has 1 aliphatic rings. The smallest absolute Gasteiger partial charge is 0.322 e. The molecule has 5 rings (SSSR count). The Labute approximate surface area is 239 Å². The number of fused-ring (bicyclic) bond motifs is 1. The molecule has 0 aliphatic carbocycles. The predicted molar refractivity (Wildman–Crippen MR) is 154 cm³/mol. The number of pyridine rings is 2. The average molecular weight is 582 g/mol. The van der Waals surface area contributed by atoms with Gasteiger partial charge >= 0.3 is 11.1 Å². The van der Waals surface area contributed by atoms with Gasteiger partial charge in [0.15, 0.2) is 11.3 Å². The van der Waals surface area contributed by atoms with Gasteiger partial charge in [0.25, 0.3) is 0 Å². The van der Waals surface area contributed by atoms with Crippen molar-refractivity contribution in [3.63, 3.8) is 0 Å².